The second-order valence-corrected chi connectivity index (χ2v) is 6.34. The van der Waals surface area contributed by atoms with Gasteiger partial charge in [-0.1, -0.05) is 27.7 Å². The van der Waals surface area contributed by atoms with Crippen LogP contribution in [-0.4, -0.2) is 54.6 Å². The van der Waals surface area contributed by atoms with E-state index >= 15 is 0 Å². The first kappa shape index (κ1) is 14.7. The van der Waals surface area contributed by atoms with Crippen molar-refractivity contribution in [2.75, 3.05) is 26.2 Å². The van der Waals surface area contributed by atoms with Crippen molar-refractivity contribution in [1.29, 1.82) is 0 Å². The molecule has 5 nitrogen and oxygen atoms in total. The Morgan fingerprint density at radius 1 is 0.944 bits per heavy atom. The minimum atomic E-state index is -0.522. The lowest BCUT2D eigenvalue weighted by Gasteiger charge is -2.27. The molecule has 0 N–H and O–H groups in total. The first-order valence-electron chi connectivity index (χ1n) is 6.17. The molecule has 0 saturated carbocycles. The van der Waals surface area contributed by atoms with E-state index in [0.29, 0.717) is 26.2 Å². The number of rotatable bonds is 6. The summed E-state index contributed by atoms with van der Waals surface area (Å²) in [5.41, 5.74) is -1.04. The molecule has 1 aliphatic rings. The highest BCUT2D eigenvalue weighted by Gasteiger charge is 2.35. The van der Waals surface area contributed by atoms with Gasteiger partial charge >= 0.3 is 6.03 Å². The summed E-state index contributed by atoms with van der Waals surface area (Å²) >= 11 is 0. The van der Waals surface area contributed by atoms with E-state index in [1.165, 1.54) is 0 Å². The molecule has 0 spiro atoms. The second-order valence-electron chi connectivity index (χ2n) is 6.34. The quantitative estimate of drug-likeness (QED) is 0.669. The van der Waals surface area contributed by atoms with Gasteiger partial charge in [-0.3, -0.25) is 0 Å². The third-order valence-electron chi connectivity index (χ3n) is 3.02. The van der Waals surface area contributed by atoms with Crippen molar-refractivity contribution >= 4 is 18.6 Å². The fourth-order valence-electron chi connectivity index (χ4n) is 1.98. The second kappa shape index (κ2) is 5.08. The predicted molar refractivity (Wildman–Crippen MR) is 68.2 cm³/mol. The van der Waals surface area contributed by atoms with Crippen LogP contribution in [-0.2, 0) is 9.59 Å². The van der Waals surface area contributed by atoms with Crippen molar-refractivity contribution < 1.29 is 14.4 Å². The normalized spacial score (nSPS) is 17.2. The standard InChI is InChI=1S/C13H22N2O3/c1-12(2,9-16)7-14-5-6-15(11(14)18)8-13(3,4)10-17/h9-10H,5-8H2,1-4H3. The number of amides is 2. The van der Waals surface area contributed by atoms with Gasteiger partial charge < -0.3 is 19.4 Å². The first-order chi connectivity index (χ1) is 8.21. The van der Waals surface area contributed by atoms with Gasteiger partial charge in [0.15, 0.2) is 0 Å². The van der Waals surface area contributed by atoms with Gasteiger partial charge in [-0.25, -0.2) is 4.79 Å². The van der Waals surface area contributed by atoms with Crippen LogP contribution in [0.1, 0.15) is 27.7 Å². The van der Waals surface area contributed by atoms with Gasteiger partial charge in [0, 0.05) is 37.0 Å². The van der Waals surface area contributed by atoms with Crippen molar-refractivity contribution in [1.82, 2.24) is 9.80 Å². The minimum absolute atomic E-state index is 0.0835. The topological polar surface area (TPSA) is 57.7 Å². The molecule has 5 heteroatoms. The maximum absolute atomic E-state index is 12.1. The van der Waals surface area contributed by atoms with Crippen molar-refractivity contribution in [3.63, 3.8) is 0 Å². The van der Waals surface area contributed by atoms with E-state index in [0.717, 1.165) is 12.6 Å². The zero-order chi connectivity index (χ0) is 14.0. The largest absolute Gasteiger partial charge is 0.322 e. The Labute approximate surface area is 108 Å². The lowest BCUT2D eigenvalue weighted by molar-refractivity contribution is -0.115. The van der Waals surface area contributed by atoms with E-state index in [9.17, 15) is 14.4 Å². The highest BCUT2D eigenvalue weighted by molar-refractivity contribution is 5.77. The molecule has 1 saturated heterocycles. The van der Waals surface area contributed by atoms with Crippen LogP contribution in [0.5, 0.6) is 0 Å². The molecule has 102 valence electrons. The molecule has 1 rings (SSSR count). The average molecular weight is 254 g/mol. The molecule has 18 heavy (non-hydrogen) atoms. The molecule has 0 bridgehead atoms. The zero-order valence-electron chi connectivity index (χ0n) is 11.6. The summed E-state index contributed by atoms with van der Waals surface area (Å²) in [5, 5.41) is 0. The monoisotopic (exact) mass is 254 g/mol. The summed E-state index contributed by atoms with van der Waals surface area (Å²) in [7, 11) is 0. The van der Waals surface area contributed by atoms with E-state index in [1.807, 2.05) is 27.7 Å². The smallest absolute Gasteiger partial charge is 0.320 e. The summed E-state index contributed by atoms with van der Waals surface area (Å²) in [4.78, 5) is 37.2. The minimum Gasteiger partial charge on any atom is -0.322 e. The molecule has 2 amide bonds. The fourth-order valence-corrected chi connectivity index (χ4v) is 1.98. The van der Waals surface area contributed by atoms with E-state index < -0.39 is 10.8 Å². The Kier molecular flexibility index (Phi) is 4.14. The molecule has 0 aromatic rings. The number of carbonyl (C=O) groups is 3. The van der Waals surface area contributed by atoms with Crippen molar-refractivity contribution in [3.8, 4) is 0 Å². The van der Waals surface area contributed by atoms with Crippen LogP contribution in [0.4, 0.5) is 4.79 Å². The van der Waals surface area contributed by atoms with Crippen molar-refractivity contribution in [2.45, 2.75) is 27.7 Å². The molecule has 0 aromatic carbocycles. The van der Waals surface area contributed by atoms with Crippen LogP contribution in [0.15, 0.2) is 0 Å². The summed E-state index contributed by atoms with van der Waals surface area (Å²) in [6.07, 6.45) is 1.75. The number of aldehydes is 2. The lowest BCUT2D eigenvalue weighted by atomic mass is 9.95. The van der Waals surface area contributed by atoms with Gasteiger partial charge in [0.2, 0.25) is 0 Å². The Morgan fingerprint density at radius 2 is 1.28 bits per heavy atom. The maximum Gasteiger partial charge on any atom is 0.320 e. The van der Waals surface area contributed by atoms with Crippen LogP contribution < -0.4 is 0 Å². The van der Waals surface area contributed by atoms with Crippen LogP contribution in [0.3, 0.4) is 0 Å². The molecule has 0 unspecified atom stereocenters. The van der Waals surface area contributed by atoms with Gasteiger partial charge in [-0.05, 0) is 0 Å². The van der Waals surface area contributed by atoms with Gasteiger partial charge in [0.05, 0.1) is 0 Å². The average Bonchev–Trinajstić information content (AvgIpc) is 2.61. The maximum atomic E-state index is 12.1. The summed E-state index contributed by atoms with van der Waals surface area (Å²) in [6, 6.07) is -0.0835. The van der Waals surface area contributed by atoms with Crippen LogP contribution in [0, 0.1) is 10.8 Å². The molecule has 1 heterocycles. The van der Waals surface area contributed by atoms with Crippen LogP contribution >= 0.6 is 0 Å². The summed E-state index contributed by atoms with van der Waals surface area (Å²) in [6.45, 7) is 9.32. The number of urea groups is 1. The van der Waals surface area contributed by atoms with Gasteiger partial charge in [0.1, 0.15) is 12.6 Å². The van der Waals surface area contributed by atoms with E-state index in [-0.39, 0.29) is 6.03 Å². The van der Waals surface area contributed by atoms with E-state index in [2.05, 4.69) is 0 Å². The van der Waals surface area contributed by atoms with Crippen molar-refractivity contribution in [2.24, 2.45) is 10.8 Å². The van der Waals surface area contributed by atoms with E-state index in [1.54, 1.807) is 9.80 Å². The third kappa shape index (κ3) is 3.55. The molecular formula is C13H22N2O3. The van der Waals surface area contributed by atoms with E-state index in [4.69, 9.17) is 0 Å². The molecule has 0 aliphatic carbocycles. The number of carbonyl (C=O) groups excluding carboxylic acids is 3. The SMILES string of the molecule is CC(C)(C=O)CN1CCN(CC(C)(C)C=O)C1=O. The van der Waals surface area contributed by atoms with Crippen LogP contribution in [0.2, 0.25) is 0 Å². The zero-order valence-corrected chi connectivity index (χ0v) is 11.6. The Balaban J connectivity index is 2.63. The number of hydrogen-bond acceptors (Lipinski definition) is 3. The fraction of sp³-hybridized carbons (Fsp3) is 0.769. The number of nitrogens with zero attached hydrogens (tertiary/aromatic N) is 2. The predicted octanol–water partition coefficient (Wildman–Crippen LogP) is 1.17. The Bertz CT molecular complexity index is 318. The summed E-state index contributed by atoms with van der Waals surface area (Å²) < 4.78 is 0. The van der Waals surface area contributed by atoms with Gasteiger partial charge in [-0.15, -0.1) is 0 Å². The molecule has 1 aliphatic heterocycles. The molecule has 0 aromatic heterocycles. The Hall–Kier alpha value is -1.39. The van der Waals surface area contributed by atoms with Gasteiger partial charge in [-0.2, -0.15) is 0 Å². The highest BCUT2D eigenvalue weighted by Crippen LogP contribution is 2.21. The lowest BCUT2D eigenvalue weighted by Crippen LogP contribution is -2.41. The summed E-state index contributed by atoms with van der Waals surface area (Å²) in [5.74, 6) is 0. The Morgan fingerprint density at radius 3 is 1.56 bits per heavy atom. The molecule has 0 atom stereocenters. The third-order valence-corrected chi connectivity index (χ3v) is 3.02. The molecule has 1 fully saturated rings. The van der Waals surface area contributed by atoms with Gasteiger partial charge in [0.25, 0.3) is 0 Å². The first-order valence-corrected chi connectivity index (χ1v) is 6.17. The highest BCUT2D eigenvalue weighted by atomic mass is 16.2. The van der Waals surface area contributed by atoms with Crippen molar-refractivity contribution in [3.05, 3.63) is 0 Å². The molecular weight excluding hydrogens is 232 g/mol. The van der Waals surface area contributed by atoms with Crippen LogP contribution in [0.25, 0.3) is 0 Å². The number of hydrogen-bond donors (Lipinski definition) is 0. The molecule has 0 radical (unpaired) electrons.